The zero-order valence-electron chi connectivity index (χ0n) is 10.1. The van der Waals surface area contributed by atoms with E-state index >= 15 is 0 Å². The van der Waals surface area contributed by atoms with E-state index in [1.807, 2.05) is 13.8 Å². The van der Waals surface area contributed by atoms with Crippen LogP contribution in [0.25, 0.3) is 0 Å². The van der Waals surface area contributed by atoms with Gasteiger partial charge in [0.2, 0.25) is 0 Å². The third-order valence-electron chi connectivity index (χ3n) is 2.59. The molecule has 0 fully saturated rings. The van der Waals surface area contributed by atoms with Crippen LogP contribution in [-0.2, 0) is 6.54 Å². The Hall–Kier alpha value is -1.33. The molecule has 0 atom stereocenters. The van der Waals surface area contributed by atoms with Crippen LogP contribution in [0.15, 0.2) is 29.3 Å². The molecule has 0 aromatic carbocycles. The quantitative estimate of drug-likeness (QED) is 0.811. The van der Waals surface area contributed by atoms with E-state index in [0.29, 0.717) is 9.21 Å². The first-order chi connectivity index (χ1) is 8.49. The predicted octanol–water partition coefficient (Wildman–Crippen LogP) is 2.83. The Labute approximate surface area is 113 Å². The predicted molar refractivity (Wildman–Crippen MR) is 72.7 cm³/mol. The summed E-state index contributed by atoms with van der Waals surface area (Å²) < 4.78 is 3.58. The van der Waals surface area contributed by atoms with Crippen molar-refractivity contribution in [2.24, 2.45) is 0 Å². The third-order valence-corrected chi connectivity index (χ3v) is 3.86. The molecule has 0 spiro atoms. The zero-order chi connectivity index (χ0) is 13.3. The topological polar surface area (TPSA) is 44.0 Å². The number of nitrogens with zero attached hydrogens (tertiary/aromatic N) is 2. The number of rotatable bonds is 4. The van der Waals surface area contributed by atoms with Crippen molar-refractivity contribution in [2.75, 3.05) is 0 Å². The van der Waals surface area contributed by atoms with E-state index in [0.717, 1.165) is 0 Å². The summed E-state index contributed by atoms with van der Waals surface area (Å²) in [4.78, 5) is 24.4. The van der Waals surface area contributed by atoms with E-state index in [9.17, 15) is 9.59 Å². The molecule has 2 aromatic rings. The molecule has 6 heteroatoms. The highest BCUT2D eigenvalue weighted by molar-refractivity contribution is 7.18. The summed E-state index contributed by atoms with van der Waals surface area (Å²) in [5.74, 6) is -0.101. The van der Waals surface area contributed by atoms with Crippen molar-refractivity contribution in [1.29, 1.82) is 0 Å². The number of hydrogen-bond donors (Lipinski definition) is 0. The molecule has 0 N–H and O–H groups in total. The van der Waals surface area contributed by atoms with Crippen LogP contribution in [-0.4, -0.2) is 14.9 Å². The van der Waals surface area contributed by atoms with Crippen molar-refractivity contribution < 1.29 is 4.79 Å². The summed E-state index contributed by atoms with van der Waals surface area (Å²) in [6.07, 6.45) is 3.33. The molecule has 96 valence electrons. The summed E-state index contributed by atoms with van der Waals surface area (Å²) in [5.41, 5.74) is -0.166. The van der Waals surface area contributed by atoms with Gasteiger partial charge in [0.05, 0.1) is 15.8 Å². The Morgan fingerprint density at radius 2 is 2.11 bits per heavy atom. The van der Waals surface area contributed by atoms with Gasteiger partial charge in [-0.1, -0.05) is 11.6 Å². The van der Waals surface area contributed by atoms with Crippen molar-refractivity contribution >= 4 is 28.7 Å². The fraction of sp³-hybridized carbons (Fsp3) is 0.333. The Bertz CT molecular complexity index is 624. The number of aromatic nitrogens is 2. The van der Waals surface area contributed by atoms with Crippen LogP contribution in [0.1, 0.15) is 29.6 Å². The Balaban J connectivity index is 2.20. The van der Waals surface area contributed by atoms with Gasteiger partial charge in [-0.25, -0.2) is 4.79 Å². The van der Waals surface area contributed by atoms with E-state index in [1.165, 1.54) is 15.9 Å². The molecule has 18 heavy (non-hydrogen) atoms. The van der Waals surface area contributed by atoms with Gasteiger partial charge in [-0.05, 0) is 26.0 Å². The maximum absolute atomic E-state index is 11.9. The summed E-state index contributed by atoms with van der Waals surface area (Å²) >= 11 is 7.01. The first kappa shape index (κ1) is 13.1. The standard InChI is InChI=1S/C12H13ClN2O2S/c1-8(2)15-6-5-14(12(15)17)7-9(16)10-3-4-11(13)18-10/h3-6,8H,7H2,1-2H3. The molecule has 2 rings (SSSR count). The lowest BCUT2D eigenvalue weighted by Crippen LogP contribution is -2.27. The number of thiophene rings is 1. The van der Waals surface area contributed by atoms with E-state index in [2.05, 4.69) is 0 Å². The van der Waals surface area contributed by atoms with Gasteiger partial charge in [-0.2, -0.15) is 0 Å². The number of Topliss-reactive ketones (excluding diaryl/α,β-unsaturated/α-hetero) is 1. The van der Waals surface area contributed by atoms with Crippen LogP contribution in [0.4, 0.5) is 0 Å². The molecule has 0 radical (unpaired) electrons. The largest absolute Gasteiger partial charge is 0.328 e. The van der Waals surface area contributed by atoms with Gasteiger partial charge in [-0.15, -0.1) is 11.3 Å². The van der Waals surface area contributed by atoms with Crippen molar-refractivity contribution in [3.63, 3.8) is 0 Å². The van der Waals surface area contributed by atoms with Crippen LogP contribution in [0.3, 0.4) is 0 Å². The van der Waals surface area contributed by atoms with Gasteiger partial charge in [0.25, 0.3) is 0 Å². The molecular formula is C12H13ClN2O2S. The van der Waals surface area contributed by atoms with Crippen LogP contribution >= 0.6 is 22.9 Å². The van der Waals surface area contributed by atoms with Crippen LogP contribution < -0.4 is 5.69 Å². The zero-order valence-corrected chi connectivity index (χ0v) is 11.7. The van der Waals surface area contributed by atoms with Gasteiger partial charge in [-0.3, -0.25) is 13.9 Å². The fourth-order valence-electron chi connectivity index (χ4n) is 1.64. The fourth-order valence-corrected chi connectivity index (χ4v) is 2.61. The van der Waals surface area contributed by atoms with E-state index < -0.39 is 0 Å². The Morgan fingerprint density at radius 3 is 2.61 bits per heavy atom. The lowest BCUT2D eigenvalue weighted by atomic mass is 10.3. The highest BCUT2D eigenvalue weighted by Crippen LogP contribution is 2.22. The second-order valence-electron chi connectivity index (χ2n) is 4.24. The van der Waals surface area contributed by atoms with E-state index in [-0.39, 0.29) is 24.1 Å². The van der Waals surface area contributed by atoms with Crippen LogP contribution in [0.2, 0.25) is 4.34 Å². The van der Waals surface area contributed by atoms with Gasteiger partial charge in [0.15, 0.2) is 5.78 Å². The number of carbonyl (C=O) groups is 1. The SMILES string of the molecule is CC(C)n1ccn(CC(=O)c2ccc(Cl)s2)c1=O. The lowest BCUT2D eigenvalue weighted by Gasteiger charge is -2.04. The van der Waals surface area contributed by atoms with Gasteiger partial charge >= 0.3 is 5.69 Å². The van der Waals surface area contributed by atoms with Gasteiger partial charge < -0.3 is 0 Å². The Kier molecular flexibility index (Phi) is 3.73. The minimum Gasteiger partial charge on any atom is -0.297 e. The lowest BCUT2D eigenvalue weighted by molar-refractivity contribution is 0.0974. The van der Waals surface area contributed by atoms with Crippen molar-refractivity contribution in [3.05, 3.63) is 44.2 Å². The third kappa shape index (κ3) is 2.57. The maximum atomic E-state index is 11.9. The number of halogens is 1. The number of imidazole rings is 1. The Morgan fingerprint density at radius 1 is 1.39 bits per heavy atom. The normalized spacial score (nSPS) is 11.1. The molecule has 0 aliphatic heterocycles. The summed E-state index contributed by atoms with van der Waals surface area (Å²) in [7, 11) is 0. The average molecular weight is 285 g/mol. The number of hydrogen-bond acceptors (Lipinski definition) is 3. The molecule has 0 bridgehead atoms. The maximum Gasteiger partial charge on any atom is 0.328 e. The van der Waals surface area contributed by atoms with Crippen molar-refractivity contribution in [1.82, 2.24) is 9.13 Å². The summed E-state index contributed by atoms with van der Waals surface area (Å²) in [6, 6.07) is 3.45. The highest BCUT2D eigenvalue weighted by Gasteiger charge is 2.13. The molecule has 4 nitrogen and oxygen atoms in total. The molecular weight excluding hydrogens is 272 g/mol. The molecule has 0 amide bonds. The molecule has 0 unspecified atom stereocenters. The first-order valence-electron chi connectivity index (χ1n) is 5.55. The molecule has 0 saturated carbocycles. The van der Waals surface area contributed by atoms with E-state index in [1.54, 1.807) is 29.1 Å². The monoisotopic (exact) mass is 284 g/mol. The first-order valence-corrected chi connectivity index (χ1v) is 6.74. The smallest absolute Gasteiger partial charge is 0.297 e. The molecule has 2 aromatic heterocycles. The number of carbonyl (C=O) groups excluding carboxylic acids is 1. The minimum atomic E-state index is -0.166. The van der Waals surface area contributed by atoms with E-state index in [4.69, 9.17) is 11.6 Å². The van der Waals surface area contributed by atoms with Crippen molar-refractivity contribution in [3.8, 4) is 0 Å². The number of ketones is 1. The van der Waals surface area contributed by atoms with Gasteiger partial charge in [0, 0.05) is 18.4 Å². The second-order valence-corrected chi connectivity index (χ2v) is 5.95. The molecule has 0 aliphatic carbocycles. The summed E-state index contributed by atoms with van der Waals surface area (Å²) in [6.45, 7) is 3.90. The highest BCUT2D eigenvalue weighted by atomic mass is 35.5. The van der Waals surface area contributed by atoms with Crippen LogP contribution in [0, 0.1) is 0 Å². The van der Waals surface area contributed by atoms with Crippen molar-refractivity contribution in [2.45, 2.75) is 26.4 Å². The molecule has 2 heterocycles. The average Bonchev–Trinajstić information content (AvgIpc) is 2.86. The molecule has 0 saturated heterocycles. The second kappa shape index (κ2) is 5.12. The molecule has 0 aliphatic rings. The summed E-state index contributed by atoms with van der Waals surface area (Å²) in [5, 5.41) is 0. The van der Waals surface area contributed by atoms with Crippen LogP contribution in [0.5, 0.6) is 0 Å². The minimum absolute atomic E-state index is 0.0510. The van der Waals surface area contributed by atoms with Gasteiger partial charge in [0.1, 0.15) is 0 Å².